The zero-order chi connectivity index (χ0) is 12.1. The molecule has 0 saturated heterocycles. The van der Waals surface area contributed by atoms with Gasteiger partial charge < -0.3 is 5.32 Å². The topological polar surface area (TPSA) is 12.0 Å². The van der Waals surface area contributed by atoms with Crippen molar-refractivity contribution in [1.82, 2.24) is 5.32 Å². The fourth-order valence-electron chi connectivity index (χ4n) is 1.06. The van der Waals surface area contributed by atoms with Crippen molar-refractivity contribution >= 4 is 0 Å². The Morgan fingerprint density at radius 1 is 1.13 bits per heavy atom. The SMILES string of the molecule is C=CN/C(C=C)=C(C)/C=C(\C)C(C)(C)C. The van der Waals surface area contributed by atoms with E-state index in [2.05, 4.69) is 59.2 Å². The summed E-state index contributed by atoms with van der Waals surface area (Å²) in [4.78, 5) is 0. The van der Waals surface area contributed by atoms with Crippen molar-refractivity contribution in [1.29, 1.82) is 0 Å². The number of hydrogen-bond donors (Lipinski definition) is 1. The minimum Gasteiger partial charge on any atom is -0.362 e. The van der Waals surface area contributed by atoms with Crippen LogP contribution < -0.4 is 5.32 Å². The van der Waals surface area contributed by atoms with Gasteiger partial charge in [0, 0.05) is 5.70 Å². The van der Waals surface area contributed by atoms with E-state index in [1.54, 1.807) is 6.20 Å². The van der Waals surface area contributed by atoms with Crippen LogP contribution in [0.4, 0.5) is 0 Å². The van der Waals surface area contributed by atoms with Gasteiger partial charge in [0.15, 0.2) is 0 Å². The van der Waals surface area contributed by atoms with Crippen molar-refractivity contribution in [2.45, 2.75) is 34.6 Å². The van der Waals surface area contributed by atoms with Crippen molar-refractivity contribution in [3.8, 4) is 0 Å². The molecular formula is C14H23N. The first-order chi connectivity index (χ1) is 6.82. The van der Waals surface area contributed by atoms with Gasteiger partial charge in [-0.05, 0) is 37.1 Å². The molecule has 0 amide bonds. The Morgan fingerprint density at radius 3 is 2.00 bits per heavy atom. The lowest BCUT2D eigenvalue weighted by molar-refractivity contribution is 0.503. The Morgan fingerprint density at radius 2 is 1.67 bits per heavy atom. The highest BCUT2D eigenvalue weighted by molar-refractivity contribution is 5.33. The molecule has 0 atom stereocenters. The van der Waals surface area contributed by atoms with E-state index < -0.39 is 0 Å². The minimum atomic E-state index is 0.210. The maximum atomic E-state index is 3.77. The molecule has 0 fully saturated rings. The van der Waals surface area contributed by atoms with Crippen LogP contribution in [0, 0.1) is 5.41 Å². The molecule has 0 aliphatic heterocycles. The summed E-state index contributed by atoms with van der Waals surface area (Å²) in [5.74, 6) is 0. The van der Waals surface area contributed by atoms with Gasteiger partial charge >= 0.3 is 0 Å². The van der Waals surface area contributed by atoms with Crippen molar-refractivity contribution in [3.63, 3.8) is 0 Å². The minimum absolute atomic E-state index is 0.210. The van der Waals surface area contributed by atoms with Crippen molar-refractivity contribution in [2.75, 3.05) is 0 Å². The molecule has 1 heteroatoms. The number of nitrogens with one attached hydrogen (secondary N) is 1. The van der Waals surface area contributed by atoms with Crippen LogP contribution in [0.25, 0.3) is 0 Å². The molecule has 0 aliphatic carbocycles. The van der Waals surface area contributed by atoms with E-state index in [1.807, 2.05) is 6.08 Å². The summed E-state index contributed by atoms with van der Waals surface area (Å²) in [6.07, 6.45) is 5.66. The van der Waals surface area contributed by atoms with Crippen molar-refractivity contribution < 1.29 is 0 Å². The van der Waals surface area contributed by atoms with Gasteiger partial charge in [-0.3, -0.25) is 0 Å². The molecule has 0 aliphatic rings. The van der Waals surface area contributed by atoms with Gasteiger partial charge in [-0.1, -0.05) is 45.6 Å². The van der Waals surface area contributed by atoms with Gasteiger partial charge in [0.2, 0.25) is 0 Å². The van der Waals surface area contributed by atoms with Crippen LogP contribution in [0.5, 0.6) is 0 Å². The van der Waals surface area contributed by atoms with E-state index in [4.69, 9.17) is 0 Å². The van der Waals surface area contributed by atoms with Crippen LogP contribution >= 0.6 is 0 Å². The van der Waals surface area contributed by atoms with E-state index in [0.29, 0.717) is 0 Å². The molecule has 0 aromatic rings. The summed E-state index contributed by atoms with van der Waals surface area (Å²) < 4.78 is 0. The smallest absolute Gasteiger partial charge is 0.0403 e. The molecule has 0 heterocycles. The Kier molecular flexibility index (Phi) is 5.13. The summed E-state index contributed by atoms with van der Waals surface area (Å²) in [7, 11) is 0. The Balaban J connectivity index is 5.07. The monoisotopic (exact) mass is 205 g/mol. The van der Waals surface area contributed by atoms with Crippen LogP contribution in [0.15, 0.2) is 48.4 Å². The molecule has 0 rings (SSSR count). The normalized spacial score (nSPS) is 14.3. The molecule has 0 unspecified atom stereocenters. The lowest BCUT2D eigenvalue weighted by atomic mass is 9.86. The lowest BCUT2D eigenvalue weighted by Gasteiger charge is -2.20. The van der Waals surface area contributed by atoms with Gasteiger partial charge in [0.1, 0.15) is 0 Å². The predicted octanol–water partition coefficient (Wildman–Crippen LogP) is 4.17. The van der Waals surface area contributed by atoms with E-state index in [0.717, 1.165) is 5.70 Å². The molecule has 1 N–H and O–H groups in total. The van der Waals surface area contributed by atoms with Crippen LogP contribution in [-0.2, 0) is 0 Å². The second-order valence-corrected chi connectivity index (χ2v) is 4.73. The summed E-state index contributed by atoms with van der Waals surface area (Å²) in [5.41, 5.74) is 3.75. The molecular weight excluding hydrogens is 182 g/mol. The zero-order valence-corrected chi connectivity index (χ0v) is 10.6. The average Bonchev–Trinajstić information content (AvgIpc) is 2.12. The summed E-state index contributed by atoms with van der Waals surface area (Å²) in [6, 6.07) is 0. The average molecular weight is 205 g/mol. The number of allylic oxidation sites excluding steroid dienone is 4. The number of rotatable bonds is 4. The first kappa shape index (κ1) is 13.8. The molecule has 0 bridgehead atoms. The predicted molar refractivity (Wildman–Crippen MR) is 69.4 cm³/mol. The van der Waals surface area contributed by atoms with Crippen LogP contribution in [0.2, 0.25) is 0 Å². The highest BCUT2D eigenvalue weighted by Crippen LogP contribution is 2.25. The third kappa shape index (κ3) is 4.68. The Hall–Kier alpha value is -1.24. The highest BCUT2D eigenvalue weighted by atomic mass is 14.8. The molecule has 15 heavy (non-hydrogen) atoms. The molecule has 0 aromatic carbocycles. The molecule has 0 radical (unpaired) electrons. The Bertz CT molecular complexity index is 298. The van der Waals surface area contributed by atoms with Crippen molar-refractivity contribution in [3.05, 3.63) is 48.4 Å². The fraction of sp³-hybridized carbons (Fsp3) is 0.429. The fourth-order valence-corrected chi connectivity index (χ4v) is 1.06. The molecule has 1 nitrogen and oxygen atoms in total. The largest absolute Gasteiger partial charge is 0.362 e. The van der Waals surface area contributed by atoms with Crippen LogP contribution in [-0.4, -0.2) is 0 Å². The molecule has 0 saturated carbocycles. The lowest BCUT2D eigenvalue weighted by Crippen LogP contribution is -2.08. The second kappa shape index (κ2) is 5.59. The van der Waals surface area contributed by atoms with Gasteiger partial charge in [0.25, 0.3) is 0 Å². The van der Waals surface area contributed by atoms with E-state index >= 15 is 0 Å². The maximum absolute atomic E-state index is 3.77. The summed E-state index contributed by atoms with van der Waals surface area (Å²) in [5, 5.41) is 3.07. The standard InChI is InChI=1S/C14H23N/c1-8-13(15-9-2)11(3)10-12(4)14(5,6)7/h8-10,15H,1-2H2,3-7H3/b12-10+,13-11+. The molecule has 84 valence electrons. The molecule has 0 spiro atoms. The quantitative estimate of drug-likeness (QED) is 0.679. The molecule has 0 aromatic heterocycles. The van der Waals surface area contributed by atoms with Gasteiger partial charge in [-0.25, -0.2) is 0 Å². The maximum Gasteiger partial charge on any atom is 0.0403 e. The Labute approximate surface area is 94.3 Å². The highest BCUT2D eigenvalue weighted by Gasteiger charge is 2.12. The third-order valence-corrected chi connectivity index (χ3v) is 2.50. The van der Waals surface area contributed by atoms with E-state index in [9.17, 15) is 0 Å². The van der Waals surface area contributed by atoms with Crippen LogP contribution in [0.3, 0.4) is 0 Å². The zero-order valence-electron chi connectivity index (χ0n) is 10.6. The van der Waals surface area contributed by atoms with Gasteiger partial charge in [-0.2, -0.15) is 0 Å². The van der Waals surface area contributed by atoms with Crippen molar-refractivity contribution in [2.24, 2.45) is 5.41 Å². The van der Waals surface area contributed by atoms with Crippen LogP contribution in [0.1, 0.15) is 34.6 Å². The van der Waals surface area contributed by atoms with Gasteiger partial charge in [0.05, 0.1) is 0 Å². The number of hydrogen-bond acceptors (Lipinski definition) is 1. The van der Waals surface area contributed by atoms with E-state index in [1.165, 1.54) is 11.1 Å². The van der Waals surface area contributed by atoms with E-state index in [-0.39, 0.29) is 5.41 Å². The van der Waals surface area contributed by atoms with Gasteiger partial charge in [-0.15, -0.1) is 0 Å². The summed E-state index contributed by atoms with van der Waals surface area (Å²) in [6.45, 7) is 18.3. The first-order valence-corrected chi connectivity index (χ1v) is 5.22. The third-order valence-electron chi connectivity index (χ3n) is 2.50. The first-order valence-electron chi connectivity index (χ1n) is 5.22. The summed E-state index contributed by atoms with van der Waals surface area (Å²) >= 11 is 0. The second-order valence-electron chi connectivity index (χ2n) is 4.73.